The van der Waals surface area contributed by atoms with E-state index in [9.17, 15) is 9.18 Å². The number of anilines is 1. The second kappa shape index (κ2) is 4.56. The van der Waals surface area contributed by atoms with Crippen molar-refractivity contribution in [2.45, 2.75) is 12.8 Å². The van der Waals surface area contributed by atoms with Crippen molar-refractivity contribution in [2.24, 2.45) is 0 Å². The molecule has 1 aliphatic heterocycles. The number of hydrogen-bond donors (Lipinski definition) is 1. The SMILES string of the molecule is COc1cc2c(c(F)n1)-c1cccnc1C(C)C(=O)N2. The van der Waals surface area contributed by atoms with Gasteiger partial charge < -0.3 is 10.1 Å². The van der Waals surface area contributed by atoms with Gasteiger partial charge in [-0.2, -0.15) is 9.37 Å². The number of aromatic nitrogens is 2. The van der Waals surface area contributed by atoms with Crippen LogP contribution in [-0.4, -0.2) is 23.0 Å². The molecule has 0 radical (unpaired) electrons. The Morgan fingerprint density at radius 1 is 1.45 bits per heavy atom. The first-order valence-electron chi connectivity index (χ1n) is 6.12. The quantitative estimate of drug-likeness (QED) is 0.810. The molecular weight excluding hydrogens is 261 g/mol. The third-order valence-corrected chi connectivity index (χ3v) is 3.33. The zero-order valence-electron chi connectivity index (χ0n) is 11.0. The first-order chi connectivity index (χ1) is 9.61. The fourth-order valence-electron chi connectivity index (χ4n) is 2.29. The van der Waals surface area contributed by atoms with Crippen LogP contribution in [0.15, 0.2) is 24.4 Å². The zero-order chi connectivity index (χ0) is 14.3. The van der Waals surface area contributed by atoms with E-state index in [0.717, 1.165) is 0 Å². The number of carbonyl (C=O) groups is 1. The van der Waals surface area contributed by atoms with Crippen molar-refractivity contribution >= 4 is 11.6 Å². The molecule has 3 rings (SSSR count). The molecule has 20 heavy (non-hydrogen) atoms. The number of ether oxygens (including phenoxy) is 1. The van der Waals surface area contributed by atoms with Gasteiger partial charge >= 0.3 is 0 Å². The summed E-state index contributed by atoms with van der Waals surface area (Å²) in [6.07, 6.45) is 1.59. The zero-order valence-corrected chi connectivity index (χ0v) is 11.0. The highest BCUT2D eigenvalue weighted by Gasteiger charge is 2.29. The topological polar surface area (TPSA) is 64.1 Å². The van der Waals surface area contributed by atoms with Crippen LogP contribution in [0.4, 0.5) is 10.1 Å². The van der Waals surface area contributed by atoms with Crippen LogP contribution in [0, 0.1) is 5.95 Å². The summed E-state index contributed by atoms with van der Waals surface area (Å²) in [5.74, 6) is -1.29. The van der Waals surface area contributed by atoms with Crippen LogP contribution in [0.1, 0.15) is 18.5 Å². The molecule has 1 amide bonds. The van der Waals surface area contributed by atoms with E-state index in [4.69, 9.17) is 4.74 Å². The first kappa shape index (κ1) is 12.5. The van der Waals surface area contributed by atoms with Crippen LogP contribution < -0.4 is 10.1 Å². The van der Waals surface area contributed by atoms with Gasteiger partial charge in [0.15, 0.2) is 0 Å². The van der Waals surface area contributed by atoms with E-state index < -0.39 is 11.9 Å². The van der Waals surface area contributed by atoms with Gasteiger partial charge in [0.1, 0.15) is 0 Å². The van der Waals surface area contributed by atoms with Crippen LogP contribution in [0.2, 0.25) is 0 Å². The maximum Gasteiger partial charge on any atom is 0.233 e. The van der Waals surface area contributed by atoms with Gasteiger partial charge in [0.25, 0.3) is 0 Å². The molecule has 6 heteroatoms. The Morgan fingerprint density at radius 3 is 3.00 bits per heavy atom. The predicted molar refractivity (Wildman–Crippen MR) is 71.0 cm³/mol. The molecule has 0 bridgehead atoms. The molecule has 3 heterocycles. The number of amides is 1. The van der Waals surface area contributed by atoms with Gasteiger partial charge in [-0.3, -0.25) is 9.78 Å². The summed E-state index contributed by atoms with van der Waals surface area (Å²) in [5, 5.41) is 2.70. The van der Waals surface area contributed by atoms with Gasteiger partial charge in [-0.05, 0) is 13.0 Å². The van der Waals surface area contributed by atoms with E-state index in [1.807, 2.05) is 0 Å². The van der Waals surface area contributed by atoms with Gasteiger partial charge in [-0.1, -0.05) is 6.07 Å². The Labute approximate surface area is 114 Å². The van der Waals surface area contributed by atoms with Crippen LogP contribution in [-0.2, 0) is 4.79 Å². The summed E-state index contributed by atoms with van der Waals surface area (Å²) < 4.78 is 19.2. The maximum atomic E-state index is 14.3. The van der Waals surface area contributed by atoms with Gasteiger partial charge in [0, 0.05) is 17.8 Å². The second-order valence-electron chi connectivity index (χ2n) is 4.53. The predicted octanol–water partition coefficient (Wildman–Crippen LogP) is 2.35. The summed E-state index contributed by atoms with van der Waals surface area (Å²) in [7, 11) is 1.39. The molecule has 1 N–H and O–H groups in total. The Kier molecular flexibility index (Phi) is 2.85. The molecule has 0 aliphatic carbocycles. The lowest BCUT2D eigenvalue weighted by Gasteiger charge is -2.10. The van der Waals surface area contributed by atoms with Gasteiger partial charge in [-0.15, -0.1) is 0 Å². The molecule has 1 atom stereocenters. The van der Waals surface area contributed by atoms with E-state index in [1.54, 1.807) is 25.3 Å². The monoisotopic (exact) mass is 273 g/mol. The van der Waals surface area contributed by atoms with Crippen molar-refractivity contribution < 1.29 is 13.9 Å². The molecule has 0 spiro atoms. The molecule has 2 aromatic heterocycles. The number of methoxy groups -OCH3 is 1. The molecule has 102 valence electrons. The smallest absolute Gasteiger partial charge is 0.233 e. The minimum absolute atomic E-state index is 0.113. The molecule has 5 nitrogen and oxygen atoms in total. The number of fused-ring (bicyclic) bond motifs is 3. The fourth-order valence-corrected chi connectivity index (χ4v) is 2.29. The van der Waals surface area contributed by atoms with Crippen molar-refractivity contribution in [3.8, 4) is 17.0 Å². The number of pyridine rings is 2. The highest BCUT2D eigenvalue weighted by atomic mass is 19.1. The minimum atomic E-state index is -0.692. The molecular formula is C14H12FN3O2. The molecule has 1 aliphatic rings. The molecule has 0 saturated carbocycles. The molecule has 1 unspecified atom stereocenters. The van der Waals surface area contributed by atoms with Gasteiger partial charge in [0.05, 0.1) is 30.0 Å². The fraction of sp³-hybridized carbons (Fsp3) is 0.214. The summed E-state index contributed by atoms with van der Waals surface area (Å²) in [4.78, 5) is 20.1. The van der Waals surface area contributed by atoms with Crippen LogP contribution in [0.3, 0.4) is 0 Å². The highest BCUT2D eigenvalue weighted by molar-refractivity contribution is 6.02. The molecule has 0 fully saturated rings. The van der Waals surface area contributed by atoms with Crippen molar-refractivity contribution in [3.05, 3.63) is 36.0 Å². The number of carbonyl (C=O) groups excluding carboxylic acids is 1. The van der Waals surface area contributed by atoms with Crippen LogP contribution >= 0.6 is 0 Å². The Hall–Kier alpha value is -2.50. The standard InChI is InChI=1S/C14H12FN3O2/c1-7-12-8(4-3-5-16-12)11-9(17-14(7)19)6-10(20-2)18-13(11)15/h3-7H,1-2H3,(H,17,19). The van der Waals surface area contributed by atoms with E-state index in [0.29, 0.717) is 16.9 Å². The van der Waals surface area contributed by atoms with Gasteiger partial charge in [0.2, 0.25) is 17.7 Å². The van der Waals surface area contributed by atoms with Crippen LogP contribution in [0.5, 0.6) is 5.88 Å². The van der Waals surface area contributed by atoms with E-state index in [2.05, 4.69) is 15.3 Å². The summed E-state index contributed by atoms with van der Waals surface area (Å²) in [6.45, 7) is 1.73. The van der Waals surface area contributed by atoms with Crippen molar-refractivity contribution in [1.82, 2.24) is 9.97 Å². The average Bonchev–Trinajstić information content (AvgIpc) is 2.55. The summed E-state index contributed by atoms with van der Waals surface area (Å²) in [5.41, 5.74) is 1.69. The Bertz CT molecular complexity index is 703. The van der Waals surface area contributed by atoms with Crippen molar-refractivity contribution in [3.63, 3.8) is 0 Å². The summed E-state index contributed by atoms with van der Waals surface area (Å²) in [6, 6.07) is 4.94. The summed E-state index contributed by atoms with van der Waals surface area (Å²) >= 11 is 0. The number of halogens is 1. The van der Waals surface area contributed by atoms with Crippen LogP contribution in [0.25, 0.3) is 11.1 Å². The number of rotatable bonds is 1. The Morgan fingerprint density at radius 2 is 2.25 bits per heavy atom. The molecule has 0 aromatic carbocycles. The van der Waals surface area contributed by atoms with E-state index >= 15 is 0 Å². The minimum Gasteiger partial charge on any atom is -0.481 e. The highest BCUT2D eigenvalue weighted by Crippen LogP contribution is 2.39. The second-order valence-corrected chi connectivity index (χ2v) is 4.53. The lowest BCUT2D eigenvalue weighted by atomic mass is 9.98. The number of nitrogens with zero attached hydrogens (tertiary/aromatic N) is 2. The van der Waals surface area contributed by atoms with E-state index in [1.165, 1.54) is 13.2 Å². The van der Waals surface area contributed by atoms with Gasteiger partial charge in [-0.25, -0.2) is 0 Å². The molecule has 0 saturated heterocycles. The number of nitrogens with one attached hydrogen (secondary N) is 1. The number of hydrogen-bond acceptors (Lipinski definition) is 4. The van der Waals surface area contributed by atoms with Crippen molar-refractivity contribution in [1.29, 1.82) is 0 Å². The lowest BCUT2D eigenvalue weighted by molar-refractivity contribution is -0.117. The lowest BCUT2D eigenvalue weighted by Crippen LogP contribution is -2.18. The third-order valence-electron chi connectivity index (χ3n) is 3.33. The first-order valence-corrected chi connectivity index (χ1v) is 6.12. The van der Waals surface area contributed by atoms with Crippen molar-refractivity contribution in [2.75, 3.05) is 12.4 Å². The largest absolute Gasteiger partial charge is 0.481 e. The Balaban J connectivity index is 2.33. The normalized spacial score (nSPS) is 16.8. The average molecular weight is 273 g/mol. The van der Waals surface area contributed by atoms with E-state index in [-0.39, 0.29) is 17.4 Å². The third kappa shape index (κ3) is 1.80. The molecule has 2 aromatic rings. The maximum absolute atomic E-state index is 14.3.